The molecule has 1 saturated heterocycles. The molecule has 2 N–H and O–H groups in total. The predicted octanol–water partition coefficient (Wildman–Crippen LogP) is 2.59. The fourth-order valence-corrected chi connectivity index (χ4v) is 2.37. The zero-order chi connectivity index (χ0) is 12.4. The number of carbonyl (C=O) groups is 1. The molecule has 1 aromatic carbocycles. The highest BCUT2D eigenvalue weighted by Gasteiger charge is 2.22. The van der Waals surface area contributed by atoms with Gasteiger partial charge in [-0.15, -0.1) is 0 Å². The maximum atomic E-state index is 13.4. The van der Waals surface area contributed by atoms with E-state index in [2.05, 4.69) is 26.6 Å². The Bertz CT molecular complexity index is 444. The molecule has 0 spiro atoms. The molecule has 2 rings (SSSR count). The summed E-state index contributed by atoms with van der Waals surface area (Å²) in [5.74, 6) is -0.461. The van der Waals surface area contributed by atoms with Crippen molar-refractivity contribution in [3.05, 3.63) is 28.0 Å². The van der Waals surface area contributed by atoms with E-state index in [9.17, 15) is 9.18 Å². The van der Waals surface area contributed by atoms with Crippen LogP contribution in [-0.2, 0) is 4.79 Å². The summed E-state index contributed by atoms with van der Waals surface area (Å²) < 4.78 is 13.8. The Morgan fingerprint density at radius 3 is 3.00 bits per heavy atom. The smallest absolute Gasteiger partial charge is 0.241 e. The van der Waals surface area contributed by atoms with Crippen molar-refractivity contribution in [3.63, 3.8) is 0 Å². The van der Waals surface area contributed by atoms with E-state index in [1.807, 2.05) is 6.92 Å². The maximum Gasteiger partial charge on any atom is 0.241 e. The van der Waals surface area contributed by atoms with E-state index in [1.54, 1.807) is 6.07 Å². The third kappa shape index (κ3) is 2.84. The predicted molar refractivity (Wildman–Crippen MR) is 68.5 cm³/mol. The maximum absolute atomic E-state index is 13.4. The Morgan fingerprint density at radius 2 is 2.35 bits per heavy atom. The SMILES string of the molecule is Cc1cc(Br)c(F)cc1NC(=O)[C@H]1CCCN1. The number of carbonyl (C=O) groups excluding carboxylic acids is 1. The van der Waals surface area contributed by atoms with Crippen molar-refractivity contribution in [3.8, 4) is 0 Å². The summed E-state index contributed by atoms with van der Waals surface area (Å²) in [6.45, 7) is 2.70. The van der Waals surface area contributed by atoms with E-state index in [-0.39, 0.29) is 17.8 Å². The Hall–Kier alpha value is -0.940. The van der Waals surface area contributed by atoms with Gasteiger partial charge in [0.2, 0.25) is 5.91 Å². The molecule has 1 heterocycles. The number of aryl methyl sites for hydroxylation is 1. The van der Waals surface area contributed by atoms with E-state index < -0.39 is 0 Å². The number of nitrogens with one attached hydrogen (secondary N) is 2. The van der Waals surface area contributed by atoms with Crippen LogP contribution in [0.15, 0.2) is 16.6 Å². The number of anilines is 1. The molecule has 1 aromatic rings. The fraction of sp³-hybridized carbons (Fsp3) is 0.417. The van der Waals surface area contributed by atoms with Crippen molar-refractivity contribution in [1.29, 1.82) is 0 Å². The number of amides is 1. The van der Waals surface area contributed by atoms with E-state index >= 15 is 0 Å². The van der Waals surface area contributed by atoms with Gasteiger partial charge in [0, 0.05) is 5.69 Å². The van der Waals surface area contributed by atoms with Crippen LogP contribution < -0.4 is 10.6 Å². The molecule has 0 bridgehead atoms. The lowest BCUT2D eigenvalue weighted by Gasteiger charge is -2.13. The summed E-state index contributed by atoms with van der Waals surface area (Å²) in [7, 11) is 0. The molecule has 0 radical (unpaired) electrons. The molecule has 0 saturated carbocycles. The molecule has 0 unspecified atom stereocenters. The van der Waals surface area contributed by atoms with E-state index in [1.165, 1.54) is 6.07 Å². The second-order valence-corrected chi connectivity index (χ2v) is 5.07. The Kier molecular flexibility index (Phi) is 3.79. The Labute approximate surface area is 108 Å². The highest BCUT2D eigenvalue weighted by Crippen LogP contribution is 2.24. The van der Waals surface area contributed by atoms with Gasteiger partial charge in [0.15, 0.2) is 0 Å². The topological polar surface area (TPSA) is 41.1 Å². The third-order valence-electron chi connectivity index (χ3n) is 2.90. The molecular weight excluding hydrogens is 287 g/mol. The number of hydrogen-bond acceptors (Lipinski definition) is 2. The first kappa shape index (κ1) is 12.5. The lowest BCUT2D eigenvalue weighted by molar-refractivity contribution is -0.117. The largest absolute Gasteiger partial charge is 0.324 e. The van der Waals surface area contributed by atoms with Gasteiger partial charge in [0.25, 0.3) is 0 Å². The second-order valence-electron chi connectivity index (χ2n) is 4.22. The third-order valence-corrected chi connectivity index (χ3v) is 3.51. The van der Waals surface area contributed by atoms with E-state index in [0.717, 1.165) is 24.9 Å². The molecule has 0 aromatic heterocycles. The van der Waals surface area contributed by atoms with Crippen LogP contribution in [0.3, 0.4) is 0 Å². The van der Waals surface area contributed by atoms with E-state index in [0.29, 0.717) is 10.2 Å². The van der Waals surface area contributed by atoms with Gasteiger partial charge in [-0.2, -0.15) is 0 Å². The van der Waals surface area contributed by atoms with Gasteiger partial charge in [0.1, 0.15) is 5.82 Å². The van der Waals surface area contributed by atoms with Crippen LogP contribution >= 0.6 is 15.9 Å². The van der Waals surface area contributed by atoms with Crippen molar-refractivity contribution in [2.45, 2.75) is 25.8 Å². The lowest BCUT2D eigenvalue weighted by Crippen LogP contribution is -2.35. The van der Waals surface area contributed by atoms with Crippen LogP contribution in [0, 0.1) is 12.7 Å². The van der Waals surface area contributed by atoms with Crippen LogP contribution in [0.4, 0.5) is 10.1 Å². The summed E-state index contributed by atoms with van der Waals surface area (Å²) in [6.07, 6.45) is 1.84. The highest BCUT2D eigenvalue weighted by molar-refractivity contribution is 9.10. The van der Waals surface area contributed by atoms with Crippen molar-refractivity contribution in [2.75, 3.05) is 11.9 Å². The molecule has 1 atom stereocenters. The number of hydrogen-bond donors (Lipinski definition) is 2. The molecule has 92 valence electrons. The standard InChI is InChI=1S/C12H14BrFN2O/c1-7-5-8(13)9(14)6-11(7)16-12(17)10-3-2-4-15-10/h5-6,10,15H,2-4H2,1H3,(H,16,17)/t10-/m1/s1. The normalized spacial score (nSPS) is 19.4. The molecule has 5 heteroatoms. The van der Waals surface area contributed by atoms with Gasteiger partial charge in [-0.3, -0.25) is 4.79 Å². The average Bonchev–Trinajstić information content (AvgIpc) is 2.79. The zero-order valence-electron chi connectivity index (χ0n) is 9.52. The number of rotatable bonds is 2. The molecule has 1 fully saturated rings. The van der Waals surface area contributed by atoms with Gasteiger partial charge in [0.05, 0.1) is 10.5 Å². The van der Waals surface area contributed by atoms with E-state index in [4.69, 9.17) is 0 Å². The molecule has 1 aliphatic heterocycles. The first-order valence-electron chi connectivity index (χ1n) is 5.58. The zero-order valence-corrected chi connectivity index (χ0v) is 11.1. The van der Waals surface area contributed by atoms with Crippen LogP contribution in [0.1, 0.15) is 18.4 Å². The fourth-order valence-electron chi connectivity index (χ4n) is 1.91. The van der Waals surface area contributed by atoms with Gasteiger partial charge < -0.3 is 10.6 Å². The molecule has 17 heavy (non-hydrogen) atoms. The highest BCUT2D eigenvalue weighted by atomic mass is 79.9. The lowest BCUT2D eigenvalue weighted by atomic mass is 10.1. The monoisotopic (exact) mass is 300 g/mol. The van der Waals surface area contributed by atoms with Crippen molar-refractivity contribution < 1.29 is 9.18 Å². The minimum absolute atomic E-state index is 0.0904. The first-order chi connectivity index (χ1) is 8.08. The molecular formula is C12H14BrFN2O. The molecule has 3 nitrogen and oxygen atoms in total. The molecule has 1 aliphatic rings. The van der Waals surface area contributed by atoms with Crippen LogP contribution in [0.25, 0.3) is 0 Å². The average molecular weight is 301 g/mol. The van der Waals surface area contributed by atoms with Crippen molar-refractivity contribution >= 4 is 27.5 Å². The minimum atomic E-state index is -0.370. The Morgan fingerprint density at radius 1 is 1.59 bits per heavy atom. The van der Waals surface area contributed by atoms with Crippen LogP contribution in [0.5, 0.6) is 0 Å². The van der Waals surface area contributed by atoms with Gasteiger partial charge in [-0.05, 0) is 59.9 Å². The first-order valence-corrected chi connectivity index (χ1v) is 6.37. The van der Waals surface area contributed by atoms with Gasteiger partial charge in [-0.1, -0.05) is 0 Å². The van der Waals surface area contributed by atoms with Gasteiger partial charge >= 0.3 is 0 Å². The quantitative estimate of drug-likeness (QED) is 0.881. The van der Waals surface area contributed by atoms with Gasteiger partial charge in [-0.25, -0.2) is 4.39 Å². The second kappa shape index (κ2) is 5.14. The summed E-state index contributed by atoms with van der Waals surface area (Å²) in [4.78, 5) is 11.9. The summed E-state index contributed by atoms with van der Waals surface area (Å²) in [5.41, 5.74) is 1.37. The number of halogens is 2. The number of benzene rings is 1. The Balaban J connectivity index is 2.12. The summed E-state index contributed by atoms with van der Waals surface area (Å²) in [5, 5.41) is 5.86. The van der Waals surface area contributed by atoms with Crippen LogP contribution in [0.2, 0.25) is 0 Å². The molecule has 0 aliphatic carbocycles. The van der Waals surface area contributed by atoms with Crippen molar-refractivity contribution in [2.24, 2.45) is 0 Å². The summed E-state index contributed by atoms with van der Waals surface area (Å²) in [6, 6.07) is 2.85. The summed E-state index contributed by atoms with van der Waals surface area (Å²) >= 11 is 3.11. The molecule has 1 amide bonds. The van der Waals surface area contributed by atoms with Crippen LogP contribution in [-0.4, -0.2) is 18.5 Å². The minimum Gasteiger partial charge on any atom is -0.324 e. The van der Waals surface area contributed by atoms with Crippen molar-refractivity contribution in [1.82, 2.24) is 5.32 Å².